The quantitative estimate of drug-likeness (QED) is 0.413. The van der Waals surface area contributed by atoms with Gasteiger partial charge in [0.1, 0.15) is 0 Å². The molecule has 1 N–H and O–H groups in total. The fourth-order valence-corrected chi connectivity index (χ4v) is 4.28. The normalized spacial score (nSPS) is 14.1. The van der Waals surface area contributed by atoms with Gasteiger partial charge in [0, 0.05) is 53.3 Å². The number of morpholine rings is 1. The summed E-state index contributed by atoms with van der Waals surface area (Å²) in [6, 6.07) is 10.0. The van der Waals surface area contributed by atoms with Gasteiger partial charge in [0.2, 0.25) is 5.95 Å². The topological polar surface area (TPSA) is 63.2 Å². The standard InChI is InChI=1S/C25H32ClN5O/c1-19-17-21(30-25(29-19)31-13-15-32-16-14-31)7-5-3-2-4-6-11-27-23-10-12-28-24-18-20(26)8-9-22(23)24/h8-10,12,17-18H,2-7,11,13-16H2,1H3,(H,27,28). The lowest BCUT2D eigenvalue weighted by Crippen LogP contribution is -2.37. The van der Waals surface area contributed by atoms with E-state index >= 15 is 0 Å². The highest BCUT2D eigenvalue weighted by molar-refractivity contribution is 6.31. The van der Waals surface area contributed by atoms with Crippen molar-refractivity contribution in [3.8, 4) is 0 Å². The minimum absolute atomic E-state index is 0.719. The van der Waals surface area contributed by atoms with Crippen LogP contribution >= 0.6 is 11.6 Å². The number of unbranched alkanes of at least 4 members (excludes halogenated alkanes) is 4. The summed E-state index contributed by atoms with van der Waals surface area (Å²) < 4.78 is 5.44. The number of rotatable bonds is 10. The zero-order valence-corrected chi connectivity index (χ0v) is 19.6. The molecule has 6 nitrogen and oxygen atoms in total. The van der Waals surface area contributed by atoms with Gasteiger partial charge in [-0.1, -0.05) is 30.9 Å². The lowest BCUT2D eigenvalue weighted by atomic mass is 10.1. The van der Waals surface area contributed by atoms with E-state index in [-0.39, 0.29) is 0 Å². The number of aromatic nitrogens is 3. The maximum absolute atomic E-state index is 6.07. The number of fused-ring (bicyclic) bond motifs is 1. The summed E-state index contributed by atoms with van der Waals surface area (Å²) in [5.41, 5.74) is 4.26. The summed E-state index contributed by atoms with van der Waals surface area (Å²) >= 11 is 6.07. The molecule has 1 saturated heterocycles. The number of anilines is 2. The summed E-state index contributed by atoms with van der Waals surface area (Å²) in [6.45, 7) is 6.29. The lowest BCUT2D eigenvalue weighted by molar-refractivity contribution is 0.122. The molecule has 0 amide bonds. The van der Waals surface area contributed by atoms with Gasteiger partial charge < -0.3 is 15.0 Å². The van der Waals surface area contributed by atoms with Crippen molar-refractivity contribution in [1.82, 2.24) is 15.0 Å². The molecule has 0 unspecified atom stereocenters. The summed E-state index contributed by atoms with van der Waals surface area (Å²) in [5, 5.41) is 5.39. The van der Waals surface area contributed by atoms with Crippen LogP contribution in [0.25, 0.3) is 10.9 Å². The maximum Gasteiger partial charge on any atom is 0.225 e. The van der Waals surface area contributed by atoms with E-state index < -0.39 is 0 Å². The number of ether oxygens (including phenoxy) is 1. The average molecular weight is 454 g/mol. The second-order valence-corrected chi connectivity index (χ2v) is 8.80. The molecule has 4 rings (SSSR count). The molecular formula is C25H32ClN5O. The Hall–Kier alpha value is -2.44. The molecule has 0 atom stereocenters. The van der Waals surface area contributed by atoms with Gasteiger partial charge in [0.25, 0.3) is 0 Å². The second-order valence-electron chi connectivity index (χ2n) is 8.36. The maximum atomic E-state index is 6.07. The Kier molecular flexibility index (Phi) is 8.13. The minimum atomic E-state index is 0.719. The van der Waals surface area contributed by atoms with Crippen LogP contribution in [-0.2, 0) is 11.2 Å². The van der Waals surface area contributed by atoms with Crippen LogP contribution in [0.5, 0.6) is 0 Å². The van der Waals surface area contributed by atoms with Crippen molar-refractivity contribution in [3.63, 3.8) is 0 Å². The first-order valence-corrected chi connectivity index (χ1v) is 12.0. The predicted molar refractivity (Wildman–Crippen MR) is 132 cm³/mol. The number of nitrogens with zero attached hydrogens (tertiary/aromatic N) is 4. The Morgan fingerprint density at radius 1 is 1.00 bits per heavy atom. The highest BCUT2D eigenvalue weighted by atomic mass is 35.5. The molecule has 0 saturated carbocycles. The highest BCUT2D eigenvalue weighted by Gasteiger charge is 2.14. The largest absolute Gasteiger partial charge is 0.384 e. The van der Waals surface area contributed by atoms with Gasteiger partial charge >= 0.3 is 0 Å². The fourth-order valence-electron chi connectivity index (χ4n) is 4.11. The van der Waals surface area contributed by atoms with E-state index in [4.69, 9.17) is 21.3 Å². The number of hydrogen-bond donors (Lipinski definition) is 1. The van der Waals surface area contributed by atoms with Crippen molar-refractivity contribution < 1.29 is 4.74 Å². The number of hydrogen-bond acceptors (Lipinski definition) is 6. The Morgan fingerprint density at radius 2 is 1.81 bits per heavy atom. The number of halogens is 1. The SMILES string of the molecule is Cc1cc(CCCCCCCNc2ccnc3cc(Cl)ccc23)nc(N2CCOCC2)n1. The molecule has 0 radical (unpaired) electrons. The van der Waals surface area contributed by atoms with E-state index in [1.165, 1.54) is 25.7 Å². The second kappa shape index (κ2) is 11.4. The lowest BCUT2D eigenvalue weighted by Gasteiger charge is -2.27. The predicted octanol–water partition coefficient (Wildman–Crippen LogP) is 5.43. The van der Waals surface area contributed by atoms with Gasteiger partial charge in [-0.15, -0.1) is 0 Å². The molecule has 1 aliphatic rings. The van der Waals surface area contributed by atoms with Crippen molar-refractivity contribution in [3.05, 3.63) is 52.9 Å². The molecule has 0 aliphatic carbocycles. The molecule has 0 bridgehead atoms. The summed E-state index contributed by atoms with van der Waals surface area (Å²) in [7, 11) is 0. The van der Waals surface area contributed by atoms with Gasteiger partial charge in [-0.2, -0.15) is 0 Å². The molecule has 1 fully saturated rings. The van der Waals surface area contributed by atoms with E-state index in [9.17, 15) is 0 Å². The van der Waals surface area contributed by atoms with Gasteiger partial charge in [0.05, 0.1) is 18.7 Å². The van der Waals surface area contributed by atoms with Crippen LogP contribution < -0.4 is 10.2 Å². The van der Waals surface area contributed by atoms with Crippen LogP contribution in [0.1, 0.15) is 43.5 Å². The summed E-state index contributed by atoms with van der Waals surface area (Å²) in [5.74, 6) is 0.861. The molecular weight excluding hydrogens is 422 g/mol. The number of benzene rings is 1. The molecule has 3 aromatic rings. The van der Waals surface area contributed by atoms with E-state index in [0.29, 0.717) is 0 Å². The average Bonchev–Trinajstić information content (AvgIpc) is 2.81. The smallest absolute Gasteiger partial charge is 0.225 e. The zero-order chi connectivity index (χ0) is 22.2. The van der Waals surface area contributed by atoms with Gasteiger partial charge in [-0.05, 0) is 56.5 Å². The first-order chi connectivity index (χ1) is 15.7. The third-order valence-electron chi connectivity index (χ3n) is 5.82. The Morgan fingerprint density at radius 3 is 2.69 bits per heavy atom. The van der Waals surface area contributed by atoms with Gasteiger partial charge in [-0.25, -0.2) is 9.97 Å². The van der Waals surface area contributed by atoms with Crippen LogP contribution in [-0.4, -0.2) is 47.8 Å². The van der Waals surface area contributed by atoms with Crippen molar-refractivity contribution in [2.75, 3.05) is 43.1 Å². The molecule has 7 heteroatoms. The molecule has 32 heavy (non-hydrogen) atoms. The van der Waals surface area contributed by atoms with Crippen LogP contribution in [0.2, 0.25) is 5.02 Å². The van der Waals surface area contributed by atoms with Crippen molar-refractivity contribution >= 4 is 34.1 Å². The summed E-state index contributed by atoms with van der Waals surface area (Å²) in [4.78, 5) is 16.1. The molecule has 1 aromatic carbocycles. The Balaban J connectivity index is 1.15. The Bertz CT molecular complexity index is 1020. The monoisotopic (exact) mass is 453 g/mol. The number of pyridine rings is 1. The third-order valence-corrected chi connectivity index (χ3v) is 6.05. The van der Waals surface area contributed by atoms with E-state index in [2.05, 4.69) is 33.2 Å². The first-order valence-electron chi connectivity index (χ1n) is 11.6. The number of aryl methyl sites for hydroxylation is 2. The van der Waals surface area contributed by atoms with E-state index in [1.807, 2.05) is 30.5 Å². The molecule has 3 heterocycles. The fraction of sp³-hybridized carbons (Fsp3) is 0.480. The van der Waals surface area contributed by atoms with Crippen molar-refractivity contribution in [2.45, 2.75) is 45.4 Å². The van der Waals surface area contributed by atoms with Crippen LogP contribution in [0.4, 0.5) is 11.6 Å². The zero-order valence-electron chi connectivity index (χ0n) is 18.8. The van der Waals surface area contributed by atoms with Crippen LogP contribution in [0.3, 0.4) is 0 Å². The highest BCUT2D eigenvalue weighted by Crippen LogP contribution is 2.24. The van der Waals surface area contributed by atoms with Gasteiger partial charge in [0.15, 0.2) is 0 Å². The minimum Gasteiger partial charge on any atom is -0.384 e. The summed E-state index contributed by atoms with van der Waals surface area (Å²) in [6.07, 6.45) is 8.88. The van der Waals surface area contributed by atoms with E-state index in [1.54, 1.807) is 0 Å². The van der Waals surface area contributed by atoms with E-state index in [0.717, 1.165) is 84.6 Å². The van der Waals surface area contributed by atoms with Crippen molar-refractivity contribution in [1.29, 1.82) is 0 Å². The number of nitrogens with one attached hydrogen (secondary N) is 1. The van der Waals surface area contributed by atoms with Gasteiger partial charge in [-0.3, -0.25) is 4.98 Å². The molecule has 0 spiro atoms. The van der Waals surface area contributed by atoms with Crippen LogP contribution in [0, 0.1) is 6.92 Å². The van der Waals surface area contributed by atoms with Crippen molar-refractivity contribution in [2.24, 2.45) is 0 Å². The molecule has 1 aliphatic heterocycles. The molecule has 170 valence electrons. The third kappa shape index (κ3) is 6.30. The van der Waals surface area contributed by atoms with Crippen LogP contribution in [0.15, 0.2) is 36.5 Å². The molecule has 2 aromatic heterocycles. The Labute approximate surface area is 195 Å². The first kappa shape index (κ1) is 22.7.